The molecular weight excluding hydrogens is 1080 g/mol. The quantitative estimate of drug-likeness (QED) is 0.140. The minimum absolute atomic E-state index is 0.00568. The molecule has 2 heterocycles. The largest absolute Gasteiger partial charge is 0.417 e. The summed E-state index contributed by atoms with van der Waals surface area (Å²) in [6.07, 6.45) is -10.5. The molecule has 86 heavy (non-hydrogen) atoms. The van der Waals surface area contributed by atoms with Crippen molar-refractivity contribution in [2.24, 2.45) is 0 Å². The Morgan fingerprint density at radius 2 is 0.593 bits per heavy atom. The highest BCUT2D eigenvalue weighted by molar-refractivity contribution is 6.15. The molecule has 0 fully saturated rings. The predicted molar refractivity (Wildman–Crippen MR) is 340 cm³/mol. The highest BCUT2D eigenvalue weighted by atomic mass is 19.4. The van der Waals surface area contributed by atoms with Crippen LogP contribution in [0.3, 0.4) is 0 Å². The van der Waals surface area contributed by atoms with Crippen LogP contribution >= 0.6 is 0 Å². The zero-order valence-corrected chi connectivity index (χ0v) is 48.7. The normalized spacial score (nSPS) is 12.1. The topological polar surface area (TPSA) is 33.6 Å². The van der Waals surface area contributed by atoms with Crippen molar-refractivity contribution >= 4 is 43.6 Å². The molecule has 0 radical (unpaired) electrons. The van der Waals surface area contributed by atoms with Gasteiger partial charge in [0.05, 0.1) is 56.2 Å². The number of aromatic nitrogens is 2. The van der Waals surface area contributed by atoms with Gasteiger partial charge in [0.2, 0.25) is 0 Å². The Balaban J connectivity index is 1.19. The summed E-state index contributed by atoms with van der Waals surface area (Å²) in [4.78, 5) is 0. The number of nitrogens with zero attached hydrogens (tertiary/aromatic N) is 3. The average Bonchev–Trinajstić information content (AvgIpc) is 1.48. The van der Waals surface area contributed by atoms with Crippen molar-refractivity contribution in [1.82, 2.24) is 9.13 Å². The summed E-state index contributed by atoms with van der Waals surface area (Å²) in [6.45, 7) is 16.4. The molecule has 13 rings (SSSR count). The molecule has 9 heteroatoms. The third-order valence-corrected chi connectivity index (χ3v) is 16.6. The van der Waals surface area contributed by atoms with Gasteiger partial charge < -0.3 is 9.13 Å². The summed E-state index contributed by atoms with van der Waals surface area (Å²) in [5, 5.41) is 14.9. The molecule has 0 atom stereocenters. The second-order valence-corrected chi connectivity index (χ2v) is 23.3. The molecule has 13 aromatic rings. The smallest absolute Gasteiger partial charge is 0.309 e. The highest BCUT2D eigenvalue weighted by Gasteiger charge is 2.42. The van der Waals surface area contributed by atoms with Crippen LogP contribution in [0.2, 0.25) is 0 Å². The van der Waals surface area contributed by atoms with Gasteiger partial charge >= 0.3 is 12.4 Å². The van der Waals surface area contributed by atoms with Crippen LogP contribution in [0, 0.1) is 66.7 Å². The fourth-order valence-electron chi connectivity index (χ4n) is 13.4. The van der Waals surface area contributed by atoms with Gasteiger partial charge in [0.1, 0.15) is 0 Å². The van der Waals surface area contributed by atoms with Crippen molar-refractivity contribution in [1.29, 1.82) is 5.26 Å². The molecule has 0 saturated carbocycles. The second-order valence-electron chi connectivity index (χ2n) is 23.3. The first-order valence-corrected chi connectivity index (χ1v) is 28.6. The molecule has 0 aliphatic carbocycles. The van der Waals surface area contributed by atoms with Crippen LogP contribution in [0.1, 0.15) is 61.2 Å². The Bertz CT molecular complexity index is 4690. The number of hydrogen-bond acceptors (Lipinski definition) is 1. The number of fused-ring (bicyclic) bond motifs is 6. The van der Waals surface area contributed by atoms with Crippen molar-refractivity contribution in [3.05, 3.63) is 261 Å². The van der Waals surface area contributed by atoms with Gasteiger partial charge in [-0.15, -0.1) is 0 Å². The van der Waals surface area contributed by atoms with Crippen molar-refractivity contribution in [2.75, 3.05) is 0 Å². The minimum Gasteiger partial charge on any atom is -0.309 e. The molecule has 11 aromatic carbocycles. The summed E-state index contributed by atoms with van der Waals surface area (Å²) in [5.41, 5.74) is 15.7. The fraction of sp³-hybridized carbons (Fsp3) is 0.130. The third-order valence-electron chi connectivity index (χ3n) is 16.6. The number of alkyl halides is 6. The standard InChI is InChI=1S/C77H57F6N3/c1-43-26-44(2)31-56(30-43)51-18-22-67-61(38-51)62-39-52(57-32-45(3)27-46(4)33-57)19-23-68(62)85(67)71-16-9-12-55(42-84)73(71)75-60(74-65(76(78,79)80)14-11-15-66(74)77(81,82)83)13-10-17-72(75)86-69-24-20-53(58-34-47(5)28-48(6)35-58)40-63(69)64-41-54(21-25-70(64)86)59-36-49(7)29-50(8)37-59/h9-41H,1-8H3. The van der Waals surface area contributed by atoms with Gasteiger partial charge in [-0.25, -0.2) is 0 Å². The van der Waals surface area contributed by atoms with Gasteiger partial charge in [-0.3, -0.25) is 0 Å². The Kier molecular flexibility index (Phi) is 13.3. The van der Waals surface area contributed by atoms with Gasteiger partial charge in [0, 0.05) is 38.2 Å². The molecule has 422 valence electrons. The molecule has 0 bridgehead atoms. The van der Waals surface area contributed by atoms with E-state index >= 15 is 26.3 Å². The summed E-state index contributed by atoms with van der Waals surface area (Å²) < 4.78 is 99.0. The van der Waals surface area contributed by atoms with Crippen LogP contribution in [0.15, 0.2) is 200 Å². The number of aryl methyl sites for hydroxylation is 8. The maximum absolute atomic E-state index is 15.8. The lowest BCUT2D eigenvalue weighted by atomic mass is 9.85. The lowest BCUT2D eigenvalue weighted by Crippen LogP contribution is -2.15. The van der Waals surface area contributed by atoms with Crippen molar-refractivity contribution in [2.45, 2.75) is 67.7 Å². The van der Waals surface area contributed by atoms with Gasteiger partial charge in [0.15, 0.2) is 0 Å². The van der Waals surface area contributed by atoms with E-state index in [2.05, 4.69) is 131 Å². The van der Waals surface area contributed by atoms with E-state index in [1.54, 1.807) is 18.2 Å². The number of benzene rings is 11. The Morgan fingerprint density at radius 3 is 0.895 bits per heavy atom. The second kappa shape index (κ2) is 20.7. The SMILES string of the molecule is Cc1cc(C)cc(-c2ccc3c(c2)c2cc(-c4cc(C)cc(C)c4)ccc2n3-c2cccc(C#N)c2-c2c(-c3c(C(F)(F)F)cccc3C(F)(F)F)cccc2-n2c3ccc(-c4cc(C)cc(C)c4)cc3c3cc(-c4cc(C)cc(C)c4)ccc32)c1. The predicted octanol–water partition coefficient (Wildman–Crippen LogP) is 22.3. The molecule has 2 aromatic heterocycles. The number of halogens is 6. The summed E-state index contributed by atoms with van der Waals surface area (Å²) in [6, 6.07) is 64.4. The maximum atomic E-state index is 15.8. The molecule has 0 unspecified atom stereocenters. The van der Waals surface area contributed by atoms with Crippen molar-refractivity contribution < 1.29 is 26.3 Å². The van der Waals surface area contributed by atoms with Gasteiger partial charge in [-0.05, 0) is 184 Å². The lowest BCUT2D eigenvalue weighted by molar-refractivity contribution is -0.142. The summed E-state index contributed by atoms with van der Waals surface area (Å²) in [5.74, 6) is 0. The molecule has 0 aliphatic heterocycles. The molecule has 0 saturated heterocycles. The first-order valence-electron chi connectivity index (χ1n) is 28.6. The maximum Gasteiger partial charge on any atom is 0.417 e. The van der Waals surface area contributed by atoms with Crippen molar-refractivity contribution in [3.63, 3.8) is 0 Å². The molecule has 0 aliphatic rings. The van der Waals surface area contributed by atoms with E-state index in [1.165, 1.54) is 12.1 Å². The van der Waals surface area contributed by atoms with Crippen LogP contribution < -0.4 is 0 Å². The molecule has 3 nitrogen and oxygen atoms in total. The summed E-state index contributed by atoms with van der Waals surface area (Å²) >= 11 is 0. The van der Waals surface area contributed by atoms with E-state index in [4.69, 9.17) is 0 Å². The zero-order chi connectivity index (χ0) is 60.2. The van der Waals surface area contributed by atoms with Crippen LogP contribution in [0.4, 0.5) is 26.3 Å². The highest BCUT2D eigenvalue weighted by Crippen LogP contribution is 2.52. The Labute approximate surface area is 495 Å². The third kappa shape index (κ3) is 9.69. The number of nitriles is 1. The number of rotatable bonds is 8. The van der Waals surface area contributed by atoms with E-state index in [1.807, 2.05) is 91.4 Å². The number of hydrogen-bond donors (Lipinski definition) is 0. The zero-order valence-electron chi connectivity index (χ0n) is 48.7. The monoisotopic (exact) mass is 1140 g/mol. The van der Waals surface area contributed by atoms with E-state index in [0.717, 1.165) is 117 Å². The van der Waals surface area contributed by atoms with E-state index in [0.29, 0.717) is 39.9 Å². The van der Waals surface area contributed by atoms with Gasteiger partial charge in [-0.2, -0.15) is 31.6 Å². The van der Waals surface area contributed by atoms with Crippen LogP contribution in [-0.2, 0) is 12.4 Å². The molecule has 0 amide bonds. The molecular formula is C77H57F6N3. The van der Waals surface area contributed by atoms with E-state index in [-0.39, 0.29) is 27.9 Å². The first kappa shape index (κ1) is 55.3. The lowest BCUT2D eigenvalue weighted by Gasteiger charge is -2.25. The van der Waals surface area contributed by atoms with E-state index < -0.39 is 29.0 Å². The van der Waals surface area contributed by atoms with Crippen molar-refractivity contribution in [3.8, 4) is 84.2 Å². The van der Waals surface area contributed by atoms with Gasteiger partial charge in [-0.1, -0.05) is 166 Å². The first-order chi connectivity index (χ1) is 41.1. The van der Waals surface area contributed by atoms with Gasteiger partial charge in [0.25, 0.3) is 0 Å². The molecule has 0 spiro atoms. The molecule has 0 N–H and O–H groups in total. The Hall–Kier alpha value is -9.91. The Morgan fingerprint density at radius 1 is 0.302 bits per heavy atom. The fourth-order valence-corrected chi connectivity index (χ4v) is 13.4. The minimum atomic E-state index is -5.24. The van der Waals surface area contributed by atoms with E-state index in [9.17, 15) is 5.26 Å². The van der Waals surface area contributed by atoms with Crippen LogP contribution in [0.25, 0.3) is 122 Å². The van der Waals surface area contributed by atoms with Crippen LogP contribution in [-0.4, -0.2) is 9.13 Å². The van der Waals surface area contributed by atoms with Crippen LogP contribution in [0.5, 0.6) is 0 Å². The average molecular weight is 1140 g/mol. The summed E-state index contributed by atoms with van der Waals surface area (Å²) in [7, 11) is 0.